The average molecular weight is 513 g/mol. The van der Waals surface area contributed by atoms with Crippen LogP contribution in [-0.2, 0) is 26.0 Å². The minimum atomic E-state index is -5.08. The number of hydrogen-bond donors (Lipinski definition) is 2. The first-order valence-corrected chi connectivity index (χ1v) is 12.6. The molecule has 0 bridgehead atoms. The van der Waals surface area contributed by atoms with Crippen LogP contribution in [0.5, 0.6) is 0 Å². The third-order valence-corrected chi connectivity index (χ3v) is 8.10. The molecule has 33 heavy (non-hydrogen) atoms. The molecule has 12 heteroatoms. The summed E-state index contributed by atoms with van der Waals surface area (Å²) in [6.45, 7) is 6.52. The molecule has 1 aromatic carbocycles. The van der Waals surface area contributed by atoms with E-state index in [0.717, 1.165) is 5.56 Å². The molecule has 7 nitrogen and oxygen atoms in total. The van der Waals surface area contributed by atoms with Crippen molar-refractivity contribution in [2.24, 2.45) is 17.8 Å². The fourth-order valence-electron chi connectivity index (χ4n) is 4.09. The number of benzene rings is 1. The quantitative estimate of drug-likeness (QED) is 0.628. The molecule has 1 amide bonds. The van der Waals surface area contributed by atoms with E-state index >= 15 is 0 Å². The van der Waals surface area contributed by atoms with E-state index < -0.39 is 27.2 Å². The van der Waals surface area contributed by atoms with E-state index in [-0.39, 0.29) is 23.5 Å². The minimum Gasteiger partial charge on any atom is -0.475 e. The molecule has 0 spiro atoms. The predicted octanol–water partition coefficient (Wildman–Crippen LogP) is 2.98. The van der Waals surface area contributed by atoms with Crippen LogP contribution in [0.25, 0.3) is 0 Å². The number of carbonyl (C=O) groups is 2. The Morgan fingerprint density at radius 3 is 2.45 bits per heavy atom. The second-order valence-corrected chi connectivity index (χ2v) is 11.5. The molecule has 0 aromatic heterocycles. The first-order valence-electron chi connectivity index (χ1n) is 10.5. The second kappa shape index (κ2) is 11.1. The van der Waals surface area contributed by atoms with Crippen LogP contribution >= 0.6 is 11.6 Å². The lowest BCUT2D eigenvalue weighted by molar-refractivity contribution is -0.192. The van der Waals surface area contributed by atoms with Gasteiger partial charge in [0.05, 0.1) is 11.0 Å². The van der Waals surface area contributed by atoms with E-state index in [1.165, 1.54) is 0 Å². The van der Waals surface area contributed by atoms with Crippen molar-refractivity contribution in [1.29, 1.82) is 0 Å². The number of alkyl halides is 3. The Balaban J connectivity index is 0.000000479. The lowest BCUT2D eigenvalue weighted by Crippen LogP contribution is -2.47. The molecule has 2 aliphatic heterocycles. The Morgan fingerprint density at radius 2 is 1.91 bits per heavy atom. The van der Waals surface area contributed by atoms with Crippen LogP contribution in [0, 0.1) is 17.8 Å². The summed E-state index contributed by atoms with van der Waals surface area (Å²) in [6, 6.07) is 7.63. The maximum atomic E-state index is 12.6. The molecule has 0 saturated carbocycles. The Bertz CT molecular complexity index is 955. The summed E-state index contributed by atoms with van der Waals surface area (Å²) in [4.78, 5) is 23.7. The standard InChI is InChI=1S/C19H27ClN2O3S.C2HF3O2/c1-13(2)9-21-19(23)16-6-7-26(24,25)18-12-22(11-17(16)18)10-14-4-3-5-15(20)8-14;3-2(4,5)1(6)7/h3-5,8,13,16-18H,6-7,9-12H2,1-2H3,(H,21,23);(H,6,7)/t16-,17+,18+;/m0./s1. The van der Waals surface area contributed by atoms with Gasteiger partial charge in [0.2, 0.25) is 5.91 Å². The van der Waals surface area contributed by atoms with Crippen LogP contribution < -0.4 is 5.32 Å². The highest BCUT2D eigenvalue weighted by Crippen LogP contribution is 2.37. The second-order valence-electron chi connectivity index (χ2n) is 8.73. The number of halogens is 4. The number of nitrogens with zero attached hydrogens (tertiary/aromatic N) is 1. The van der Waals surface area contributed by atoms with Crippen LogP contribution in [0.1, 0.15) is 25.8 Å². The number of aliphatic carboxylic acids is 1. The van der Waals surface area contributed by atoms with Crippen LogP contribution in [0.2, 0.25) is 5.02 Å². The summed E-state index contributed by atoms with van der Waals surface area (Å²) in [5, 5.41) is 10.4. The van der Waals surface area contributed by atoms with Gasteiger partial charge in [0.15, 0.2) is 9.84 Å². The molecule has 2 saturated heterocycles. The van der Waals surface area contributed by atoms with Gasteiger partial charge >= 0.3 is 12.1 Å². The van der Waals surface area contributed by atoms with E-state index in [1.807, 2.05) is 24.3 Å². The molecule has 186 valence electrons. The molecular formula is C21H28ClF3N2O5S. The number of fused-ring (bicyclic) bond motifs is 1. The van der Waals surface area contributed by atoms with Crippen molar-refractivity contribution in [2.45, 2.75) is 38.2 Å². The average Bonchev–Trinajstić information content (AvgIpc) is 3.11. The van der Waals surface area contributed by atoms with E-state index in [2.05, 4.69) is 24.1 Å². The Labute approximate surface area is 196 Å². The summed E-state index contributed by atoms with van der Waals surface area (Å²) < 4.78 is 56.9. The third-order valence-electron chi connectivity index (χ3n) is 5.64. The molecular weight excluding hydrogens is 485 g/mol. The summed E-state index contributed by atoms with van der Waals surface area (Å²) in [5.74, 6) is -2.60. The number of carbonyl (C=O) groups excluding carboxylic acids is 1. The van der Waals surface area contributed by atoms with Crippen LogP contribution in [0.3, 0.4) is 0 Å². The molecule has 0 aliphatic carbocycles. The smallest absolute Gasteiger partial charge is 0.475 e. The van der Waals surface area contributed by atoms with Crippen molar-refractivity contribution >= 4 is 33.3 Å². The molecule has 0 radical (unpaired) electrons. The van der Waals surface area contributed by atoms with Gasteiger partial charge in [0.1, 0.15) is 0 Å². The normalized spacial score (nSPS) is 24.5. The highest BCUT2D eigenvalue weighted by Gasteiger charge is 2.50. The number of likely N-dealkylation sites (tertiary alicyclic amines) is 1. The van der Waals surface area contributed by atoms with Crippen LogP contribution in [0.4, 0.5) is 13.2 Å². The van der Waals surface area contributed by atoms with Gasteiger partial charge in [-0.1, -0.05) is 37.6 Å². The minimum absolute atomic E-state index is 0.00760. The van der Waals surface area contributed by atoms with Gasteiger partial charge in [-0.25, -0.2) is 13.2 Å². The maximum absolute atomic E-state index is 12.6. The fourth-order valence-corrected chi connectivity index (χ4v) is 6.43. The van der Waals surface area contributed by atoms with Crippen molar-refractivity contribution in [3.05, 3.63) is 34.9 Å². The molecule has 2 fully saturated rings. The van der Waals surface area contributed by atoms with E-state index in [0.29, 0.717) is 43.5 Å². The van der Waals surface area contributed by atoms with Gasteiger partial charge in [0, 0.05) is 43.0 Å². The Kier molecular flexibility index (Phi) is 9.17. The molecule has 2 aliphatic rings. The molecule has 3 atom stereocenters. The molecule has 0 unspecified atom stereocenters. The number of amides is 1. The van der Waals surface area contributed by atoms with E-state index in [1.54, 1.807) is 0 Å². The largest absolute Gasteiger partial charge is 0.490 e. The predicted molar refractivity (Wildman–Crippen MR) is 117 cm³/mol. The van der Waals surface area contributed by atoms with E-state index in [4.69, 9.17) is 21.5 Å². The Hall–Kier alpha value is -1.85. The fraction of sp³-hybridized carbons (Fsp3) is 0.619. The lowest BCUT2D eigenvalue weighted by Gasteiger charge is -2.32. The Morgan fingerprint density at radius 1 is 1.27 bits per heavy atom. The number of rotatable bonds is 5. The monoisotopic (exact) mass is 512 g/mol. The van der Waals surface area contributed by atoms with Crippen molar-refractivity contribution < 1.29 is 36.3 Å². The molecule has 2 N–H and O–H groups in total. The van der Waals surface area contributed by atoms with Gasteiger partial charge in [-0.15, -0.1) is 0 Å². The molecule has 2 heterocycles. The summed E-state index contributed by atoms with van der Waals surface area (Å²) >= 11 is 6.06. The van der Waals surface area contributed by atoms with Crippen molar-refractivity contribution in [3.8, 4) is 0 Å². The maximum Gasteiger partial charge on any atom is 0.490 e. The van der Waals surface area contributed by atoms with Crippen LogP contribution in [0.15, 0.2) is 24.3 Å². The van der Waals surface area contributed by atoms with Gasteiger partial charge in [0.25, 0.3) is 0 Å². The van der Waals surface area contributed by atoms with Crippen LogP contribution in [-0.4, -0.2) is 67.1 Å². The third kappa shape index (κ3) is 7.86. The number of nitrogens with one attached hydrogen (secondary N) is 1. The van der Waals surface area contributed by atoms with Crippen molar-refractivity contribution in [2.75, 3.05) is 25.4 Å². The topological polar surface area (TPSA) is 104 Å². The van der Waals surface area contributed by atoms with Crippen molar-refractivity contribution in [3.63, 3.8) is 0 Å². The number of sulfone groups is 1. The van der Waals surface area contributed by atoms with Gasteiger partial charge in [-0.05, 0) is 30.0 Å². The van der Waals surface area contributed by atoms with Gasteiger partial charge < -0.3 is 10.4 Å². The zero-order valence-electron chi connectivity index (χ0n) is 18.3. The number of hydrogen-bond acceptors (Lipinski definition) is 5. The van der Waals surface area contributed by atoms with Crippen molar-refractivity contribution in [1.82, 2.24) is 10.2 Å². The van der Waals surface area contributed by atoms with Gasteiger partial charge in [-0.2, -0.15) is 13.2 Å². The molecule has 3 rings (SSSR count). The summed E-state index contributed by atoms with van der Waals surface area (Å²) in [5.41, 5.74) is 1.06. The summed E-state index contributed by atoms with van der Waals surface area (Å²) in [7, 11) is -3.14. The highest BCUT2D eigenvalue weighted by atomic mass is 35.5. The van der Waals surface area contributed by atoms with E-state index in [9.17, 15) is 26.4 Å². The highest BCUT2D eigenvalue weighted by molar-refractivity contribution is 7.92. The first-order chi connectivity index (χ1) is 15.2. The lowest BCUT2D eigenvalue weighted by atomic mass is 9.87. The number of carboxylic acid groups (broad SMARTS) is 1. The zero-order valence-corrected chi connectivity index (χ0v) is 19.9. The zero-order chi connectivity index (χ0) is 25.0. The van der Waals surface area contributed by atoms with Gasteiger partial charge in [-0.3, -0.25) is 9.69 Å². The summed E-state index contributed by atoms with van der Waals surface area (Å²) in [6.07, 6.45) is -4.65. The molecule has 1 aromatic rings. The number of carboxylic acids is 1. The first kappa shape index (κ1) is 27.4. The SMILES string of the molecule is CC(C)CNC(=O)[C@H]1CCS(=O)(=O)[C@@H]2CN(Cc3cccc(Cl)c3)C[C@H]12.O=C(O)C(F)(F)F.